The van der Waals surface area contributed by atoms with E-state index in [0.29, 0.717) is 50.8 Å². The van der Waals surface area contributed by atoms with Crippen molar-refractivity contribution in [1.29, 1.82) is 0 Å². The molecule has 1 heterocycles. The summed E-state index contributed by atoms with van der Waals surface area (Å²) in [5.74, 6) is 1.10. The third-order valence-corrected chi connectivity index (χ3v) is 7.09. The highest BCUT2D eigenvalue weighted by Crippen LogP contribution is 2.20. The number of methoxy groups -OCH3 is 1. The van der Waals surface area contributed by atoms with Crippen LogP contribution >= 0.6 is 0 Å². The molecule has 2 aromatic rings. The minimum absolute atomic E-state index is 0.176. The Balaban J connectivity index is 1.41. The van der Waals surface area contributed by atoms with Crippen LogP contribution in [0.25, 0.3) is 0 Å². The molecule has 0 aliphatic carbocycles. The van der Waals surface area contributed by atoms with Crippen molar-refractivity contribution >= 4 is 15.9 Å². The molecule has 1 aliphatic rings. The van der Waals surface area contributed by atoms with Crippen LogP contribution < -0.4 is 14.8 Å². The summed E-state index contributed by atoms with van der Waals surface area (Å²) in [4.78, 5) is 14.6. The lowest BCUT2D eigenvalue weighted by molar-refractivity contribution is -0.127. The second-order valence-corrected chi connectivity index (χ2v) is 9.22. The number of nitrogens with one attached hydrogen (secondary N) is 1. The van der Waals surface area contributed by atoms with Gasteiger partial charge in [0.05, 0.1) is 12.0 Å². The van der Waals surface area contributed by atoms with E-state index in [2.05, 4.69) is 10.2 Å². The van der Waals surface area contributed by atoms with Crippen LogP contribution in [0.15, 0.2) is 59.5 Å². The zero-order valence-electron chi connectivity index (χ0n) is 17.9. The van der Waals surface area contributed by atoms with E-state index in [9.17, 15) is 13.2 Å². The monoisotopic (exact) mass is 447 g/mol. The molecule has 1 saturated heterocycles. The molecule has 0 saturated carbocycles. The zero-order chi connectivity index (χ0) is 22.3. The van der Waals surface area contributed by atoms with Crippen LogP contribution in [0.5, 0.6) is 11.5 Å². The van der Waals surface area contributed by atoms with Gasteiger partial charge in [-0.3, -0.25) is 9.69 Å². The highest BCUT2D eigenvalue weighted by atomic mass is 32.2. The Morgan fingerprint density at radius 2 is 1.65 bits per heavy atom. The minimum atomic E-state index is -3.52. The topological polar surface area (TPSA) is 88.2 Å². The molecule has 1 unspecified atom stereocenters. The molecule has 1 N–H and O–H groups in total. The molecular weight excluding hydrogens is 418 g/mol. The first-order chi connectivity index (χ1) is 14.9. The Hall–Kier alpha value is -2.62. The van der Waals surface area contributed by atoms with Crippen molar-refractivity contribution < 1.29 is 22.7 Å². The molecule has 1 fully saturated rings. The highest BCUT2D eigenvalue weighted by Gasteiger charge is 2.28. The summed E-state index contributed by atoms with van der Waals surface area (Å²) in [6.45, 7) is 4.90. The van der Waals surface area contributed by atoms with Gasteiger partial charge in [-0.05, 0) is 43.3 Å². The number of ether oxygens (including phenoxy) is 2. The Labute approximate surface area is 183 Å². The van der Waals surface area contributed by atoms with Crippen LogP contribution in [0.3, 0.4) is 0 Å². The Morgan fingerprint density at radius 1 is 1.00 bits per heavy atom. The number of sulfonamides is 1. The lowest BCUT2D eigenvalue weighted by atomic mass is 10.3. The summed E-state index contributed by atoms with van der Waals surface area (Å²) < 4.78 is 37.8. The van der Waals surface area contributed by atoms with Crippen molar-refractivity contribution in [1.82, 2.24) is 14.5 Å². The number of hydrogen-bond donors (Lipinski definition) is 1. The van der Waals surface area contributed by atoms with Gasteiger partial charge in [0, 0.05) is 39.3 Å². The molecule has 8 nitrogen and oxygen atoms in total. The van der Waals surface area contributed by atoms with Crippen LogP contribution in [0.2, 0.25) is 0 Å². The number of nitrogens with zero attached hydrogens (tertiary/aromatic N) is 2. The van der Waals surface area contributed by atoms with E-state index in [1.54, 1.807) is 38.3 Å². The maximum Gasteiger partial charge on any atom is 0.260 e. The molecule has 0 bridgehead atoms. The van der Waals surface area contributed by atoms with Crippen molar-refractivity contribution in [2.45, 2.75) is 17.9 Å². The SMILES string of the molecule is COc1ccc(S(=O)(=O)N2CCN(CCNC(=O)C(C)Oc3ccccc3)CC2)cc1. The number of hydrogen-bond acceptors (Lipinski definition) is 6. The van der Waals surface area contributed by atoms with Crippen LogP contribution in [-0.2, 0) is 14.8 Å². The number of carbonyl (C=O) groups excluding carboxylic acids is 1. The molecule has 0 aromatic heterocycles. The summed E-state index contributed by atoms with van der Waals surface area (Å²) in [5, 5.41) is 2.88. The normalized spacial score (nSPS) is 16.5. The molecular formula is C22H29N3O5S. The van der Waals surface area contributed by atoms with Gasteiger partial charge in [-0.1, -0.05) is 18.2 Å². The summed E-state index contributed by atoms with van der Waals surface area (Å²) in [5.41, 5.74) is 0. The summed E-state index contributed by atoms with van der Waals surface area (Å²) in [6, 6.07) is 15.6. The first kappa shape index (κ1) is 23.1. The van der Waals surface area contributed by atoms with Crippen LogP contribution in [0.4, 0.5) is 0 Å². The second kappa shape index (κ2) is 10.6. The Morgan fingerprint density at radius 3 is 2.26 bits per heavy atom. The van der Waals surface area contributed by atoms with Gasteiger partial charge < -0.3 is 14.8 Å². The maximum atomic E-state index is 12.8. The lowest BCUT2D eigenvalue weighted by Crippen LogP contribution is -2.50. The van der Waals surface area contributed by atoms with Gasteiger partial charge in [-0.15, -0.1) is 0 Å². The number of carbonyl (C=O) groups is 1. The molecule has 9 heteroatoms. The van der Waals surface area contributed by atoms with E-state index in [0.717, 1.165) is 0 Å². The van der Waals surface area contributed by atoms with Crippen molar-refractivity contribution in [3.8, 4) is 11.5 Å². The molecule has 3 rings (SSSR count). The predicted molar refractivity (Wildman–Crippen MR) is 118 cm³/mol. The lowest BCUT2D eigenvalue weighted by Gasteiger charge is -2.34. The molecule has 2 aromatic carbocycles. The standard InChI is InChI=1S/C22H29N3O5S/c1-18(30-20-6-4-3-5-7-20)22(26)23-12-13-24-14-16-25(17-15-24)31(27,28)21-10-8-19(29-2)9-11-21/h3-11,18H,12-17H2,1-2H3,(H,23,26). The molecule has 1 atom stereocenters. The molecule has 1 aliphatic heterocycles. The number of benzene rings is 2. The van der Waals surface area contributed by atoms with Gasteiger partial charge in [-0.25, -0.2) is 8.42 Å². The first-order valence-corrected chi connectivity index (χ1v) is 11.7. The summed E-state index contributed by atoms with van der Waals surface area (Å²) in [6.07, 6.45) is -0.589. The van der Waals surface area contributed by atoms with Crippen LogP contribution in [0.1, 0.15) is 6.92 Å². The summed E-state index contributed by atoms with van der Waals surface area (Å²) >= 11 is 0. The number of piperazine rings is 1. The van der Waals surface area contributed by atoms with Crippen molar-refractivity contribution in [3.05, 3.63) is 54.6 Å². The average Bonchev–Trinajstić information content (AvgIpc) is 2.80. The highest BCUT2D eigenvalue weighted by molar-refractivity contribution is 7.89. The average molecular weight is 448 g/mol. The smallest absolute Gasteiger partial charge is 0.260 e. The van der Waals surface area contributed by atoms with Gasteiger partial charge in [0.1, 0.15) is 11.5 Å². The van der Waals surface area contributed by atoms with Gasteiger partial charge in [0.25, 0.3) is 5.91 Å². The fourth-order valence-corrected chi connectivity index (χ4v) is 4.75. The van der Waals surface area contributed by atoms with Crippen molar-refractivity contribution in [2.24, 2.45) is 0 Å². The first-order valence-electron chi connectivity index (χ1n) is 10.3. The second-order valence-electron chi connectivity index (χ2n) is 7.29. The molecule has 0 spiro atoms. The van der Waals surface area contributed by atoms with Crippen molar-refractivity contribution in [2.75, 3.05) is 46.4 Å². The number of amides is 1. The number of rotatable bonds is 9. The molecule has 0 radical (unpaired) electrons. The van der Waals surface area contributed by atoms with Crippen LogP contribution in [0, 0.1) is 0 Å². The van der Waals surface area contributed by atoms with Crippen molar-refractivity contribution in [3.63, 3.8) is 0 Å². The third-order valence-electron chi connectivity index (χ3n) is 5.18. The van der Waals surface area contributed by atoms with E-state index < -0.39 is 16.1 Å². The molecule has 1 amide bonds. The Bertz CT molecular complexity index is 943. The molecule has 168 valence electrons. The van der Waals surface area contributed by atoms with E-state index in [1.165, 1.54) is 4.31 Å². The predicted octanol–water partition coefficient (Wildman–Crippen LogP) is 1.59. The van der Waals surface area contributed by atoms with E-state index in [1.807, 2.05) is 30.3 Å². The fourth-order valence-electron chi connectivity index (χ4n) is 3.33. The van der Waals surface area contributed by atoms with Gasteiger partial charge >= 0.3 is 0 Å². The van der Waals surface area contributed by atoms with Gasteiger partial charge in [0.15, 0.2) is 6.10 Å². The Kier molecular flexibility index (Phi) is 7.89. The van der Waals surface area contributed by atoms with E-state index in [-0.39, 0.29) is 10.8 Å². The fraction of sp³-hybridized carbons (Fsp3) is 0.409. The quantitative estimate of drug-likeness (QED) is 0.628. The van der Waals surface area contributed by atoms with E-state index >= 15 is 0 Å². The molecule has 31 heavy (non-hydrogen) atoms. The zero-order valence-corrected chi connectivity index (χ0v) is 18.7. The maximum absolute atomic E-state index is 12.8. The third kappa shape index (κ3) is 6.19. The minimum Gasteiger partial charge on any atom is -0.497 e. The van der Waals surface area contributed by atoms with Gasteiger partial charge in [0.2, 0.25) is 10.0 Å². The van der Waals surface area contributed by atoms with E-state index in [4.69, 9.17) is 9.47 Å². The van der Waals surface area contributed by atoms with Gasteiger partial charge in [-0.2, -0.15) is 4.31 Å². The summed E-state index contributed by atoms with van der Waals surface area (Å²) in [7, 11) is -1.98. The number of para-hydroxylation sites is 1. The van der Waals surface area contributed by atoms with Crippen LogP contribution in [-0.4, -0.2) is 76.0 Å². The largest absolute Gasteiger partial charge is 0.497 e.